The number of thiazole rings is 1. The van der Waals surface area contributed by atoms with E-state index in [1.165, 1.54) is 29.5 Å². The van der Waals surface area contributed by atoms with Crippen molar-refractivity contribution >= 4 is 67.2 Å². The molecule has 0 spiro atoms. The van der Waals surface area contributed by atoms with E-state index in [9.17, 15) is 14.9 Å². The maximum absolute atomic E-state index is 12.3. The van der Waals surface area contributed by atoms with Crippen LogP contribution in [0, 0.1) is 17.0 Å². The number of aromatic nitrogens is 1. The minimum absolute atomic E-state index is 0.0448. The lowest BCUT2D eigenvalue weighted by Crippen LogP contribution is -2.34. The largest absolute Gasteiger partial charge is 0.308 e. The van der Waals surface area contributed by atoms with Crippen molar-refractivity contribution in [2.24, 2.45) is 0 Å². The van der Waals surface area contributed by atoms with Gasteiger partial charge in [0.25, 0.3) is 11.6 Å². The Kier molecular flexibility index (Phi) is 5.12. The highest BCUT2D eigenvalue weighted by atomic mass is 35.5. The highest BCUT2D eigenvalue weighted by Gasteiger charge is 2.16. The molecular weight excluding hydrogens is 396 g/mol. The van der Waals surface area contributed by atoms with E-state index >= 15 is 0 Å². The van der Waals surface area contributed by atoms with Crippen molar-refractivity contribution in [3.8, 4) is 0 Å². The number of nitrogens with one attached hydrogen (secondary N) is 2. The monoisotopic (exact) mass is 406 g/mol. The predicted octanol–water partition coefficient (Wildman–Crippen LogP) is 4.29. The van der Waals surface area contributed by atoms with Crippen molar-refractivity contribution in [3.63, 3.8) is 0 Å². The van der Waals surface area contributed by atoms with Crippen LogP contribution in [0.15, 0.2) is 36.4 Å². The Morgan fingerprint density at radius 1 is 1.31 bits per heavy atom. The van der Waals surface area contributed by atoms with Gasteiger partial charge < -0.3 is 5.32 Å². The number of nitro benzene ring substituents is 1. The topological polar surface area (TPSA) is 97.2 Å². The van der Waals surface area contributed by atoms with Gasteiger partial charge in [-0.3, -0.25) is 20.2 Å². The Morgan fingerprint density at radius 3 is 2.81 bits per heavy atom. The van der Waals surface area contributed by atoms with Gasteiger partial charge in [-0.2, -0.15) is 0 Å². The molecule has 1 aromatic heterocycles. The molecule has 2 N–H and O–H groups in total. The van der Waals surface area contributed by atoms with Crippen LogP contribution >= 0.6 is 35.2 Å². The summed E-state index contributed by atoms with van der Waals surface area (Å²) in [7, 11) is 0. The van der Waals surface area contributed by atoms with Crippen molar-refractivity contribution < 1.29 is 9.72 Å². The van der Waals surface area contributed by atoms with Gasteiger partial charge >= 0.3 is 0 Å². The fourth-order valence-corrected chi connectivity index (χ4v) is 3.60. The molecule has 0 unspecified atom stereocenters. The van der Waals surface area contributed by atoms with E-state index in [2.05, 4.69) is 15.6 Å². The van der Waals surface area contributed by atoms with Gasteiger partial charge in [-0.15, -0.1) is 0 Å². The summed E-state index contributed by atoms with van der Waals surface area (Å²) < 4.78 is 0.878. The summed E-state index contributed by atoms with van der Waals surface area (Å²) in [5, 5.41) is 17.5. The fourth-order valence-electron chi connectivity index (χ4n) is 2.20. The number of halogens is 1. The normalized spacial score (nSPS) is 10.5. The van der Waals surface area contributed by atoms with Gasteiger partial charge in [0.15, 0.2) is 10.2 Å². The van der Waals surface area contributed by atoms with Gasteiger partial charge in [-0.25, -0.2) is 4.98 Å². The molecule has 0 aliphatic carbocycles. The molecule has 3 rings (SSSR count). The maximum atomic E-state index is 12.3. The fraction of sp³-hybridized carbons (Fsp3) is 0.0625. The molecule has 3 aromatic rings. The van der Waals surface area contributed by atoms with Gasteiger partial charge in [0.05, 0.1) is 15.1 Å². The zero-order chi connectivity index (χ0) is 18.8. The molecule has 0 saturated carbocycles. The van der Waals surface area contributed by atoms with Crippen molar-refractivity contribution in [3.05, 3.63) is 62.7 Å². The van der Waals surface area contributed by atoms with Crippen LogP contribution in [0.2, 0.25) is 5.02 Å². The third-order valence-corrected chi connectivity index (χ3v) is 4.84. The lowest BCUT2D eigenvalue weighted by molar-refractivity contribution is -0.385. The molecule has 1 heterocycles. The average Bonchev–Trinajstić information content (AvgIpc) is 2.95. The number of hydrogen-bond donors (Lipinski definition) is 2. The summed E-state index contributed by atoms with van der Waals surface area (Å²) >= 11 is 12.4. The zero-order valence-electron chi connectivity index (χ0n) is 13.3. The third-order valence-electron chi connectivity index (χ3n) is 3.47. The summed E-state index contributed by atoms with van der Waals surface area (Å²) in [6.07, 6.45) is 0. The van der Waals surface area contributed by atoms with E-state index in [-0.39, 0.29) is 16.4 Å². The zero-order valence-corrected chi connectivity index (χ0v) is 15.7. The molecule has 0 bridgehead atoms. The number of nitrogens with zero attached hydrogens (tertiary/aromatic N) is 2. The van der Waals surface area contributed by atoms with E-state index < -0.39 is 10.8 Å². The SMILES string of the molecule is Cc1ccc(C(=O)NC(=S)Nc2nc3ccc(Cl)cc3s2)cc1[N+](=O)[O-]. The number of carbonyl (C=O) groups is 1. The van der Waals surface area contributed by atoms with E-state index in [0.29, 0.717) is 15.7 Å². The number of benzene rings is 2. The van der Waals surface area contributed by atoms with E-state index in [1.54, 1.807) is 25.1 Å². The lowest BCUT2D eigenvalue weighted by Gasteiger charge is -2.07. The van der Waals surface area contributed by atoms with Crippen LogP contribution in [0.25, 0.3) is 10.2 Å². The second-order valence-corrected chi connectivity index (χ2v) is 7.17. The predicted molar refractivity (Wildman–Crippen MR) is 106 cm³/mol. The molecule has 7 nitrogen and oxygen atoms in total. The molecule has 0 fully saturated rings. The molecule has 0 aliphatic heterocycles. The number of rotatable bonds is 3. The van der Waals surface area contributed by atoms with Crippen molar-refractivity contribution in [2.75, 3.05) is 5.32 Å². The number of anilines is 1. The van der Waals surface area contributed by atoms with E-state index in [0.717, 1.165) is 10.2 Å². The molecule has 0 saturated heterocycles. The second kappa shape index (κ2) is 7.32. The molecule has 132 valence electrons. The Bertz CT molecular complexity index is 1050. The van der Waals surface area contributed by atoms with Crippen molar-refractivity contribution in [1.29, 1.82) is 0 Å². The number of fused-ring (bicyclic) bond motifs is 1. The molecule has 1 amide bonds. The minimum atomic E-state index is -0.547. The Hall–Kier alpha value is -2.62. The van der Waals surface area contributed by atoms with Gasteiger partial charge in [-0.05, 0) is 43.4 Å². The number of amides is 1. The average molecular weight is 407 g/mol. The molecular formula is C16H11ClN4O3S2. The third kappa shape index (κ3) is 3.96. The van der Waals surface area contributed by atoms with Crippen molar-refractivity contribution in [2.45, 2.75) is 6.92 Å². The quantitative estimate of drug-likeness (QED) is 0.382. The van der Waals surface area contributed by atoms with Crippen molar-refractivity contribution in [1.82, 2.24) is 10.3 Å². The van der Waals surface area contributed by atoms with Gasteiger partial charge in [0.2, 0.25) is 0 Å². The van der Waals surface area contributed by atoms with Crippen LogP contribution < -0.4 is 10.6 Å². The molecule has 10 heteroatoms. The van der Waals surface area contributed by atoms with Crippen LogP contribution in [0.4, 0.5) is 10.8 Å². The molecule has 2 aromatic carbocycles. The lowest BCUT2D eigenvalue weighted by atomic mass is 10.1. The minimum Gasteiger partial charge on any atom is -0.308 e. The number of nitro groups is 1. The number of hydrogen-bond acceptors (Lipinski definition) is 6. The van der Waals surface area contributed by atoms with Crippen LogP contribution in [0.3, 0.4) is 0 Å². The van der Waals surface area contributed by atoms with Gasteiger partial charge in [-0.1, -0.05) is 29.0 Å². The molecule has 0 radical (unpaired) electrons. The van der Waals surface area contributed by atoms with Crippen LogP contribution in [-0.4, -0.2) is 20.9 Å². The van der Waals surface area contributed by atoms with Crippen LogP contribution in [0.1, 0.15) is 15.9 Å². The Morgan fingerprint density at radius 2 is 2.08 bits per heavy atom. The number of carbonyl (C=O) groups excluding carboxylic acids is 1. The molecule has 26 heavy (non-hydrogen) atoms. The first-order valence-corrected chi connectivity index (χ1v) is 8.87. The van der Waals surface area contributed by atoms with E-state index in [1.807, 2.05) is 0 Å². The summed E-state index contributed by atoms with van der Waals surface area (Å²) in [5.41, 5.74) is 1.24. The Balaban J connectivity index is 1.71. The smallest absolute Gasteiger partial charge is 0.273 e. The summed E-state index contributed by atoms with van der Waals surface area (Å²) in [6, 6.07) is 9.53. The van der Waals surface area contributed by atoms with Gasteiger partial charge in [0, 0.05) is 22.2 Å². The van der Waals surface area contributed by atoms with E-state index in [4.69, 9.17) is 23.8 Å². The van der Waals surface area contributed by atoms with Crippen LogP contribution in [-0.2, 0) is 0 Å². The first kappa shape index (κ1) is 18.2. The standard InChI is InChI=1S/C16H11ClN4O3S2/c1-8-2-3-9(6-12(8)21(23)24)14(22)19-15(25)20-16-18-11-5-4-10(17)7-13(11)26-16/h2-7H,1H3,(H2,18,19,20,22,25). The van der Waals surface area contributed by atoms with Crippen LogP contribution in [0.5, 0.6) is 0 Å². The highest BCUT2D eigenvalue weighted by molar-refractivity contribution is 7.80. The summed E-state index contributed by atoms with van der Waals surface area (Å²) in [5.74, 6) is -0.547. The summed E-state index contributed by atoms with van der Waals surface area (Å²) in [4.78, 5) is 27.1. The first-order chi connectivity index (χ1) is 12.3. The van der Waals surface area contributed by atoms with Gasteiger partial charge in [0.1, 0.15) is 0 Å². The maximum Gasteiger partial charge on any atom is 0.273 e. The second-order valence-electron chi connectivity index (χ2n) is 5.30. The molecule has 0 aliphatic rings. The number of thiocarbonyl (C=S) groups is 1. The first-order valence-electron chi connectivity index (χ1n) is 7.27. The summed E-state index contributed by atoms with van der Waals surface area (Å²) in [6.45, 7) is 1.60. The number of aryl methyl sites for hydroxylation is 1. The highest BCUT2D eigenvalue weighted by Crippen LogP contribution is 2.28. The Labute approximate surface area is 162 Å². The molecule has 0 atom stereocenters.